The molecule has 1 aliphatic rings. The Balaban J connectivity index is 1.80. The van der Waals surface area contributed by atoms with Gasteiger partial charge in [-0.3, -0.25) is 4.79 Å². The van der Waals surface area contributed by atoms with Gasteiger partial charge in [-0.05, 0) is 37.0 Å². The summed E-state index contributed by atoms with van der Waals surface area (Å²) in [6.07, 6.45) is 2.74. The van der Waals surface area contributed by atoms with E-state index in [0.29, 0.717) is 12.6 Å². The molecule has 0 bridgehead atoms. The van der Waals surface area contributed by atoms with Gasteiger partial charge in [0.05, 0.1) is 24.3 Å². The second-order valence-corrected chi connectivity index (χ2v) is 7.94. The standard InChI is InChI=1S/C20H27N3O/c1-14(2)23-13-21-17-10-11-22(12-18(17)23)19(24)15-6-8-16(9-7-15)20(3,4)5/h6-9,13-14H,10-12H2,1-5H3. The van der Waals surface area contributed by atoms with Gasteiger partial charge in [0, 0.05) is 24.6 Å². The number of benzene rings is 1. The summed E-state index contributed by atoms with van der Waals surface area (Å²) in [5.41, 5.74) is 4.43. The number of amides is 1. The van der Waals surface area contributed by atoms with Crippen molar-refractivity contribution in [3.05, 3.63) is 53.1 Å². The third-order valence-electron chi connectivity index (χ3n) is 4.78. The number of hydrogen-bond donors (Lipinski definition) is 0. The van der Waals surface area contributed by atoms with Crippen LogP contribution in [0, 0.1) is 0 Å². The molecule has 0 saturated heterocycles. The predicted octanol–water partition coefficient (Wildman–Crippen LogP) is 3.96. The maximum Gasteiger partial charge on any atom is 0.254 e. The molecule has 1 aliphatic heterocycles. The number of hydrogen-bond acceptors (Lipinski definition) is 2. The van der Waals surface area contributed by atoms with E-state index >= 15 is 0 Å². The highest BCUT2D eigenvalue weighted by Gasteiger charge is 2.26. The molecule has 0 radical (unpaired) electrons. The van der Waals surface area contributed by atoms with Crippen molar-refractivity contribution in [2.45, 2.75) is 59.0 Å². The fourth-order valence-electron chi connectivity index (χ4n) is 3.22. The van der Waals surface area contributed by atoms with Crippen LogP contribution in [0.15, 0.2) is 30.6 Å². The van der Waals surface area contributed by atoms with Crippen LogP contribution < -0.4 is 0 Å². The average molecular weight is 325 g/mol. The van der Waals surface area contributed by atoms with Crippen LogP contribution in [0.25, 0.3) is 0 Å². The summed E-state index contributed by atoms with van der Waals surface area (Å²) in [6, 6.07) is 8.42. The Labute approximate surface area is 144 Å². The molecule has 1 aromatic heterocycles. The Morgan fingerprint density at radius 3 is 2.42 bits per heavy atom. The predicted molar refractivity (Wildman–Crippen MR) is 96.2 cm³/mol. The number of carbonyl (C=O) groups excluding carboxylic acids is 1. The minimum atomic E-state index is 0.103. The van der Waals surface area contributed by atoms with E-state index in [1.807, 2.05) is 23.4 Å². The molecule has 0 saturated carbocycles. The first-order valence-corrected chi connectivity index (χ1v) is 8.72. The second-order valence-electron chi connectivity index (χ2n) is 7.94. The molecule has 0 aliphatic carbocycles. The van der Waals surface area contributed by atoms with Crippen molar-refractivity contribution in [3.8, 4) is 0 Å². The average Bonchev–Trinajstić information content (AvgIpc) is 2.96. The van der Waals surface area contributed by atoms with Crippen LogP contribution in [0.1, 0.15) is 68.0 Å². The molecule has 2 aromatic rings. The summed E-state index contributed by atoms with van der Waals surface area (Å²) < 4.78 is 2.18. The van der Waals surface area contributed by atoms with Gasteiger partial charge >= 0.3 is 0 Å². The molecule has 0 atom stereocenters. The molecule has 4 nitrogen and oxygen atoms in total. The Morgan fingerprint density at radius 2 is 1.83 bits per heavy atom. The topological polar surface area (TPSA) is 38.1 Å². The molecule has 3 rings (SSSR count). The molecule has 24 heavy (non-hydrogen) atoms. The van der Waals surface area contributed by atoms with Crippen LogP contribution in [0.3, 0.4) is 0 Å². The van der Waals surface area contributed by atoms with E-state index < -0.39 is 0 Å². The second kappa shape index (κ2) is 6.08. The van der Waals surface area contributed by atoms with Crippen LogP contribution in [0.4, 0.5) is 0 Å². The number of nitrogens with zero attached hydrogens (tertiary/aromatic N) is 3. The van der Waals surface area contributed by atoms with E-state index in [-0.39, 0.29) is 11.3 Å². The lowest BCUT2D eigenvalue weighted by Crippen LogP contribution is -2.37. The lowest BCUT2D eigenvalue weighted by molar-refractivity contribution is 0.0728. The quantitative estimate of drug-likeness (QED) is 0.838. The molecule has 0 N–H and O–H groups in total. The van der Waals surface area contributed by atoms with Crippen molar-refractivity contribution in [1.82, 2.24) is 14.5 Å². The Morgan fingerprint density at radius 1 is 1.17 bits per heavy atom. The van der Waals surface area contributed by atoms with Gasteiger partial charge in [-0.2, -0.15) is 0 Å². The molecular weight excluding hydrogens is 298 g/mol. The van der Waals surface area contributed by atoms with E-state index in [9.17, 15) is 4.79 Å². The third-order valence-corrected chi connectivity index (χ3v) is 4.78. The SMILES string of the molecule is CC(C)n1cnc2c1CN(C(=O)c1ccc(C(C)(C)C)cc1)CC2. The summed E-state index contributed by atoms with van der Waals surface area (Å²) in [5, 5.41) is 0. The van der Waals surface area contributed by atoms with Crippen LogP contribution in [0.5, 0.6) is 0 Å². The van der Waals surface area contributed by atoms with Gasteiger partial charge in [-0.15, -0.1) is 0 Å². The maximum atomic E-state index is 12.9. The van der Waals surface area contributed by atoms with Crippen molar-refractivity contribution >= 4 is 5.91 Å². The summed E-state index contributed by atoms with van der Waals surface area (Å²) in [5.74, 6) is 0.109. The molecule has 1 aromatic carbocycles. The molecular formula is C20H27N3O. The molecule has 128 valence electrons. The van der Waals surface area contributed by atoms with Crippen molar-refractivity contribution < 1.29 is 4.79 Å². The monoisotopic (exact) mass is 325 g/mol. The summed E-state index contributed by atoms with van der Waals surface area (Å²) in [4.78, 5) is 19.3. The first kappa shape index (κ1) is 16.7. The van der Waals surface area contributed by atoms with Crippen molar-refractivity contribution in [2.75, 3.05) is 6.54 Å². The number of carbonyl (C=O) groups is 1. The third kappa shape index (κ3) is 3.10. The van der Waals surface area contributed by atoms with E-state index in [1.54, 1.807) is 0 Å². The van der Waals surface area contributed by atoms with Gasteiger partial charge in [-0.1, -0.05) is 32.9 Å². The maximum absolute atomic E-state index is 12.9. The van der Waals surface area contributed by atoms with E-state index in [1.165, 1.54) is 11.3 Å². The fraction of sp³-hybridized carbons (Fsp3) is 0.500. The van der Waals surface area contributed by atoms with E-state index in [0.717, 1.165) is 24.2 Å². The molecule has 0 spiro atoms. The van der Waals surface area contributed by atoms with Gasteiger partial charge in [0.2, 0.25) is 0 Å². The number of rotatable bonds is 2. The number of imidazole rings is 1. The summed E-state index contributed by atoms with van der Waals surface area (Å²) in [7, 11) is 0. The minimum absolute atomic E-state index is 0.103. The lowest BCUT2D eigenvalue weighted by atomic mass is 9.86. The largest absolute Gasteiger partial charge is 0.332 e. The zero-order valence-electron chi connectivity index (χ0n) is 15.3. The van der Waals surface area contributed by atoms with Gasteiger partial charge in [0.1, 0.15) is 0 Å². The van der Waals surface area contributed by atoms with E-state index in [2.05, 4.69) is 56.3 Å². The van der Waals surface area contributed by atoms with Gasteiger partial charge in [-0.25, -0.2) is 4.98 Å². The minimum Gasteiger partial charge on any atom is -0.332 e. The zero-order valence-corrected chi connectivity index (χ0v) is 15.3. The summed E-state index contributed by atoms with van der Waals surface area (Å²) >= 11 is 0. The normalized spacial score (nSPS) is 14.8. The zero-order chi connectivity index (χ0) is 17.5. The van der Waals surface area contributed by atoms with Crippen molar-refractivity contribution in [2.24, 2.45) is 0 Å². The first-order chi connectivity index (χ1) is 11.3. The molecule has 0 unspecified atom stereocenters. The Bertz CT molecular complexity index is 735. The molecule has 2 heterocycles. The summed E-state index contributed by atoms with van der Waals surface area (Å²) in [6.45, 7) is 12.2. The van der Waals surface area contributed by atoms with E-state index in [4.69, 9.17) is 0 Å². The molecule has 0 fully saturated rings. The fourth-order valence-corrected chi connectivity index (χ4v) is 3.22. The Kier molecular flexibility index (Phi) is 4.24. The molecule has 1 amide bonds. The van der Waals surface area contributed by atoms with Crippen LogP contribution in [-0.4, -0.2) is 26.9 Å². The van der Waals surface area contributed by atoms with Gasteiger partial charge in [0.25, 0.3) is 5.91 Å². The first-order valence-electron chi connectivity index (χ1n) is 8.72. The highest BCUT2D eigenvalue weighted by Crippen LogP contribution is 2.25. The number of aromatic nitrogens is 2. The van der Waals surface area contributed by atoms with Crippen molar-refractivity contribution in [3.63, 3.8) is 0 Å². The van der Waals surface area contributed by atoms with Gasteiger partial charge < -0.3 is 9.47 Å². The molecule has 4 heteroatoms. The van der Waals surface area contributed by atoms with Crippen LogP contribution in [-0.2, 0) is 18.4 Å². The highest BCUT2D eigenvalue weighted by molar-refractivity contribution is 5.94. The van der Waals surface area contributed by atoms with Gasteiger partial charge in [0.15, 0.2) is 0 Å². The number of fused-ring (bicyclic) bond motifs is 1. The van der Waals surface area contributed by atoms with Crippen molar-refractivity contribution in [1.29, 1.82) is 0 Å². The Hall–Kier alpha value is -2.10. The van der Waals surface area contributed by atoms with Crippen LogP contribution >= 0.6 is 0 Å². The smallest absolute Gasteiger partial charge is 0.254 e. The highest BCUT2D eigenvalue weighted by atomic mass is 16.2. The van der Waals surface area contributed by atoms with Crippen LogP contribution in [0.2, 0.25) is 0 Å². The lowest BCUT2D eigenvalue weighted by Gasteiger charge is -2.28.